The molecule has 0 aliphatic carbocycles. The smallest absolute Gasteiger partial charge is 0.385 e. The normalized spacial score (nSPS) is 29.3. The molecule has 2 heterocycles. The molecule has 0 saturated carbocycles. The fourth-order valence-corrected chi connectivity index (χ4v) is 5.62. The third-order valence-corrected chi connectivity index (χ3v) is 7.39. The van der Waals surface area contributed by atoms with Crippen LogP contribution in [0.25, 0.3) is 0 Å². The van der Waals surface area contributed by atoms with Gasteiger partial charge in [0.1, 0.15) is 18.0 Å². The molecule has 0 bridgehead atoms. The van der Waals surface area contributed by atoms with Crippen LogP contribution in [0.5, 0.6) is 0 Å². The molecule has 1 fully saturated rings. The summed E-state index contributed by atoms with van der Waals surface area (Å²) in [7, 11) is -15.7. The first kappa shape index (κ1) is 24.2. The molecule has 0 spiro atoms. The van der Waals surface area contributed by atoms with E-state index in [1.165, 1.54) is 0 Å². The lowest BCUT2D eigenvalue weighted by Crippen LogP contribution is -2.35. The zero-order valence-corrected chi connectivity index (χ0v) is 16.9. The van der Waals surface area contributed by atoms with Crippen LogP contribution in [0.1, 0.15) is 6.23 Å². The van der Waals surface area contributed by atoms with E-state index in [1.807, 2.05) is 0 Å². The van der Waals surface area contributed by atoms with Crippen molar-refractivity contribution in [3.63, 3.8) is 0 Å². The van der Waals surface area contributed by atoms with Crippen LogP contribution in [0.4, 0.5) is 5.82 Å². The van der Waals surface area contributed by atoms with Gasteiger partial charge in [-0.05, 0) is 6.07 Å². The molecule has 0 aromatic carbocycles. The maximum absolute atomic E-state index is 12.0. The van der Waals surface area contributed by atoms with E-state index in [-0.39, 0.29) is 5.82 Å². The molecule has 1 aromatic heterocycles. The monoisotopic (exact) mass is 483 g/mol. The van der Waals surface area contributed by atoms with Crippen molar-refractivity contribution in [3.05, 3.63) is 22.7 Å². The zero-order chi connectivity index (χ0) is 22.2. The Morgan fingerprint density at radius 3 is 2.31 bits per heavy atom. The number of nitrogen functional groups attached to an aromatic ring is 1. The van der Waals surface area contributed by atoms with Gasteiger partial charge in [0, 0.05) is 13.3 Å². The summed E-state index contributed by atoms with van der Waals surface area (Å²) in [6, 6.07) is 1.16. The second-order valence-electron chi connectivity index (χ2n) is 5.28. The number of phosphoric acid groups is 3. The maximum atomic E-state index is 12.0. The van der Waals surface area contributed by atoms with Gasteiger partial charge in [-0.15, -0.1) is 0 Å². The van der Waals surface area contributed by atoms with E-state index in [1.54, 1.807) is 0 Å². The fraction of sp³-hybridized carbons (Fsp3) is 0.556. The number of rotatable bonds is 8. The average Bonchev–Trinajstić information content (AvgIpc) is 2.80. The molecule has 0 radical (unpaired) electrons. The zero-order valence-electron chi connectivity index (χ0n) is 14.2. The minimum Gasteiger partial charge on any atom is -0.385 e. The van der Waals surface area contributed by atoms with Crippen molar-refractivity contribution in [1.29, 1.82) is 0 Å². The van der Waals surface area contributed by atoms with E-state index in [0.29, 0.717) is 11.7 Å². The molecule has 0 amide bonds. The Hall–Kier alpha value is -1.03. The van der Waals surface area contributed by atoms with Gasteiger partial charge in [0.2, 0.25) is 0 Å². The Morgan fingerprint density at radius 1 is 1.17 bits per heavy atom. The number of anilines is 1. The lowest BCUT2D eigenvalue weighted by molar-refractivity contribution is -0.135. The van der Waals surface area contributed by atoms with Gasteiger partial charge in [0.25, 0.3) is 0 Å². The molecule has 166 valence electrons. The van der Waals surface area contributed by atoms with E-state index in [2.05, 4.69) is 22.7 Å². The van der Waals surface area contributed by atoms with E-state index in [9.17, 15) is 33.6 Å². The molecule has 7 N–H and O–H groups in total. The summed E-state index contributed by atoms with van der Waals surface area (Å²) in [4.78, 5) is 42.1. The van der Waals surface area contributed by atoms with Gasteiger partial charge in [-0.3, -0.25) is 13.6 Å². The Balaban J connectivity index is 2.18. The highest BCUT2D eigenvalue weighted by Crippen LogP contribution is 2.69. The summed E-state index contributed by atoms with van der Waals surface area (Å²) < 4.78 is 56.5. The van der Waals surface area contributed by atoms with Crippen molar-refractivity contribution < 1.29 is 61.0 Å². The van der Waals surface area contributed by atoms with Gasteiger partial charge in [-0.2, -0.15) is 13.6 Å². The van der Waals surface area contributed by atoms with Gasteiger partial charge in [0.15, 0.2) is 12.5 Å². The molecule has 6 atom stereocenters. The topological polar surface area (TPSA) is 259 Å². The Morgan fingerprint density at radius 2 is 1.79 bits per heavy atom. The second-order valence-corrected chi connectivity index (χ2v) is 9.97. The molecular weight excluding hydrogens is 467 g/mol. The number of aliphatic hydroxyl groups excluding tert-OH is 2. The van der Waals surface area contributed by atoms with Crippen molar-refractivity contribution in [3.8, 4) is 0 Å². The first-order valence-corrected chi connectivity index (χ1v) is 11.7. The number of nitrogens with two attached hydrogens (primary N) is 1. The standard InChI is InChI=1S/C9H16N3O14P3/c1-22-29(21,25-27(16,17)18)26-28(19,20)24-8-6(14)5(13)7(23-8)12-3-2-4(10)11-9(12)15/h2-3,5-8,13-14H,1H3,(H,19,20)(H2,10,11,15)(H2,16,17,18)/t5?,6?,7?,8-,29?/m1/s1. The second kappa shape index (κ2) is 8.61. The van der Waals surface area contributed by atoms with Crippen LogP contribution in [-0.2, 0) is 36.1 Å². The van der Waals surface area contributed by atoms with Crippen LogP contribution in [0, 0.1) is 0 Å². The van der Waals surface area contributed by atoms with Crippen LogP contribution < -0.4 is 11.4 Å². The molecule has 2 rings (SSSR count). The molecule has 1 aromatic rings. The van der Waals surface area contributed by atoms with Gasteiger partial charge < -0.3 is 35.4 Å². The van der Waals surface area contributed by atoms with Gasteiger partial charge >= 0.3 is 29.2 Å². The molecule has 17 nitrogen and oxygen atoms in total. The molecule has 1 aliphatic heterocycles. The lowest BCUT2D eigenvalue weighted by atomic mass is 10.2. The first-order valence-electron chi connectivity index (χ1n) is 7.18. The number of hydrogen-bond acceptors (Lipinski definition) is 13. The van der Waals surface area contributed by atoms with Crippen LogP contribution in [-0.4, -0.2) is 60.1 Å². The van der Waals surface area contributed by atoms with Crippen LogP contribution in [0.3, 0.4) is 0 Å². The highest BCUT2D eigenvalue weighted by molar-refractivity contribution is 7.67. The van der Waals surface area contributed by atoms with Crippen molar-refractivity contribution in [2.75, 3.05) is 12.8 Å². The summed E-state index contributed by atoms with van der Waals surface area (Å²) in [5, 5.41) is 19.9. The largest absolute Gasteiger partial charge is 0.492 e. The summed E-state index contributed by atoms with van der Waals surface area (Å²) in [5.74, 6) is -0.152. The summed E-state index contributed by atoms with van der Waals surface area (Å²) >= 11 is 0. The number of hydrogen-bond donors (Lipinski definition) is 6. The lowest BCUT2D eigenvalue weighted by Gasteiger charge is -2.22. The highest BCUT2D eigenvalue weighted by Gasteiger charge is 2.50. The number of nitrogens with zero attached hydrogens (tertiary/aromatic N) is 2. The third-order valence-electron chi connectivity index (χ3n) is 3.19. The Bertz CT molecular complexity index is 946. The number of aliphatic hydroxyl groups is 2. The van der Waals surface area contributed by atoms with Gasteiger partial charge in [-0.25, -0.2) is 18.5 Å². The Labute approximate surface area is 161 Å². The highest BCUT2D eigenvalue weighted by atomic mass is 31.3. The van der Waals surface area contributed by atoms with Gasteiger partial charge in [-0.1, -0.05) is 0 Å². The molecular formula is C9H16N3O14P3. The predicted octanol–water partition coefficient (Wildman–Crippen LogP) is -1.60. The van der Waals surface area contributed by atoms with Crippen molar-refractivity contribution >= 4 is 29.3 Å². The molecule has 5 unspecified atom stereocenters. The number of aromatic nitrogens is 2. The quantitative estimate of drug-likeness (QED) is 0.227. The van der Waals surface area contributed by atoms with Crippen LogP contribution in [0.15, 0.2) is 17.1 Å². The van der Waals surface area contributed by atoms with E-state index < -0.39 is 53.9 Å². The predicted molar refractivity (Wildman–Crippen MR) is 88.6 cm³/mol. The van der Waals surface area contributed by atoms with Crippen LogP contribution >= 0.6 is 23.5 Å². The minimum atomic E-state index is -5.54. The maximum Gasteiger partial charge on any atom is 0.492 e. The van der Waals surface area contributed by atoms with E-state index >= 15 is 0 Å². The van der Waals surface area contributed by atoms with Crippen molar-refractivity contribution in [1.82, 2.24) is 9.55 Å². The van der Waals surface area contributed by atoms with Crippen molar-refractivity contribution in [2.45, 2.75) is 24.7 Å². The fourth-order valence-electron chi connectivity index (χ4n) is 2.05. The third kappa shape index (κ3) is 6.23. The number of phosphoric ester groups is 1. The first-order chi connectivity index (χ1) is 13.2. The average molecular weight is 483 g/mol. The SMILES string of the molecule is COP(=O)(OP(=O)(O)O)OP(=O)(O)O[C@H]1OC(n2ccc(N)nc2=O)C(O)C1O. The minimum absolute atomic E-state index is 0.152. The Kier molecular flexibility index (Phi) is 7.20. The van der Waals surface area contributed by atoms with Crippen molar-refractivity contribution in [2.24, 2.45) is 0 Å². The van der Waals surface area contributed by atoms with Gasteiger partial charge in [0.05, 0.1) is 0 Å². The molecule has 1 aliphatic rings. The van der Waals surface area contributed by atoms with E-state index in [0.717, 1.165) is 12.3 Å². The van der Waals surface area contributed by atoms with E-state index in [4.69, 9.17) is 20.3 Å². The molecule has 20 heteroatoms. The number of ether oxygens (including phenoxy) is 1. The summed E-state index contributed by atoms with van der Waals surface area (Å²) in [6.07, 6.45) is -6.62. The molecule has 1 saturated heterocycles. The summed E-state index contributed by atoms with van der Waals surface area (Å²) in [5.41, 5.74) is 4.32. The summed E-state index contributed by atoms with van der Waals surface area (Å²) in [6.45, 7) is 0. The molecule has 29 heavy (non-hydrogen) atoms. The van der Waals surface area contributed by atoms with Crippen LogP contribution in [0.2, 0.25) is 0 Å².